The minimum atomic E-state index is -0.931. The minimum Gasteiger partial charge on any atom is -0.493 e. The number of carboxylic acids is 1. The maximum absolute atomic E-state index is 12.8. The van der Waals surface area contributed by atoms with Gasteiger partial charge in [-0.1, -0.05) is 18.2 Å². The van der Waals surface area contributed by atoms with Gasteiger partial charge in [-0.15, -0.1) is 0 Å². The number of carbonyl (C=O) groups excluding carboxylic acids is 2. The van der Waals surface area contributed by atoms with Crippen LogP contribution in [0.3, 0.4) is 0 Å². The maximum Gasteiger partial charge on any atom is 0.407 e. The number of amides is 2. The second kappa shape index (κ2) is 12.0. The van der Waals surface area contributed by atoms with Gasteiger partial charge in [0.1, 0.15) is 11.8 Å². The van der Waals surface area contributed by atoms with Gasteiger partial charge in [-0.3, -0.25) is 9.59 Å². The van der Waals surface area contributed by atoms with E-state index in [-0.39, 0.29) is 26.1 Å². The number of hydrogen-bond donors (Lipinski definition) is 4. The lowest BCUT2D eigenvalue weighted by Crippen LogP contribution is -2.47. The van der Waals surface area contributed by atoms with Crippen LogP contribution < -0.4 is 15.5 Å². The van der Waals surface area contributed by atoms with Crippen molar-refractivity contribution < 1.29 is 29.0 Å². The summed E-state index contributed by atoms with van der Waals surface area (Å²) in [6.07, 6.45) is 2.72. The van der Waals surface area contributed by atoms with E-state index in [1.54, 1.807) is 37.4 Å². The molecule has 3 aromatic rings. The molecule has 3 rings (SSSR count). The van der Waals surface area contributed by atoms with Gasteiger partial charge in [0, 0.05) is 23.5 Å². The first-order valence-electron chi connectivity index (χ1n) is 10.7. The molecule has 0 aliphatic carbocycles. The zero-order valence-corrected chi connectivity index (χ0v) is 18.6. The SMILES string of the molecule is CCOC(=O)N[C@H](Cc1c[nH]c2ccccc12)C(=O)N/N=C\c1ccc(OCCC(=O)O)cc1. The van der Waals surface area contributed by atoms with E-state index in [2.05, 4.69) is 20.8 Å². The molecule has 0 radical (unpaired) electrons. The molecule has 0 fully saturated rings. The number of hydrazone groups is 1. The smallest absolute Gasteiger partial charge is 0.407 e. The van der Waals surface area contributed by atoms with Gasteiger partial charge in [0.15, 0.2) is 0 Å². The van der Waals surface area contributed by atoms with E-state index in [0.29, 0.717) is 11.3 Å². The van der Waals surface area contributed by atoms with E-state index in [9.17, 15) is 14.4 Å². The fourth-order valence-corrected chi connectivity index (χ4v) is 3.20. The van der Waals surface area contributed by atoms with E-state index in [4.69, 9.17) is 14.6 Å². The fourth-order valence-electron chi connectivity index (χ4n) is 3.20. The fraction of sp³-hybridized carbons (Fsp3) is 0.250. The van der Waals surface area contributed by atoms with Crippen molar-refractivity contribution in [1.82, 2.24) is 15.7 Å². The highest BCUT2D eigenvalue weighted by Crippen LogP contribution is 2.19. The van der Waals surface area contributed by atoms with Crippen LogP contribution in [-0.4, -0.2) is 53.5 Å². The molecule has 0 bridgehead atoms. The molecular formula is C24H26N4O6. The summed E-state index contributed by atoms with van der Waals surface area (Å²) in [4.78, 5) is 38.5. The molecule has 0 spiro atoms. The van der Waals surface area contributed by atoms with Crippen molar-refractivity contribution >= 4 is 35.1 Å². The highest BCUT2D eigenvalue weighted by molar-refractivity contribution is 5.89. The Morgan fingerprint density at radius 3 is 2.65 bits per heavy atom. The molecule has 178 valence electrons. The number of carboxylic acid groups (broad SMARTS) is 1. The number of nitrogens with one attached hydrogen (secondary N) is 3. The molecule has 0 saturated heterocycles. The Bertz CT molecular complexity index is 1160. The van der Waals surface area contributed by atoms with E-state index in [1.165, 1.54) is 6.21 Å². The number of H-pyrrole nitrogens is 1. The summed E-state index contributed by atoms with van der Waals surface area (Å²) in [6.45, 7) is 1.94. The van der Waals surface area contributed by atoms with Crippen LogP contribution in [0.2, 0.25) is 0 Å². The highest BCUT2D eigenvalue weighted by atomic mass is 16.5. The zero-order chi connectivity index (χ0) is 24.3. The number of benzene rings is 2. The monoisotopic (exact) mass is 466 g/mol. The lowest BCUT2D eigenvalue weighted by molar-refractivity contribution is -0.137. The van der Waals surface area contributed by atoms with Gasteiger partial charge < -0.3 is 24.9 Å². The third kappa shape index (κ3) is 7.09. The van der Waals surface area contributed by atoms with Crippen LogP contribution in [0.15, 0.2) is 59.8 Å². The topological polar surface area (TPSA) is 142 Å². The molecule has 0 unspecified atom stereocenters. The number of ether oxygens (including phenoxy) is 2. The summed E-state index contributed by atoms with van der Waals surface area (Å²) in [5, 5.41) is 16.2. The molecule has 1 atom stereocenters. The normalized spacial score (nSPS) is 11.8. The van der Waals surface area contributed by atoms with E-state index in [1.807, 2.05) is 24.3 Å². The van der Waals surface area contributed by atoms with Crippen LogP contribution in [0.25, 0.3) is 10.9 Å². The number of carbonyl (C=O) groups is 3. The van der Waals surface area contributed by atoms with E-state index in [0.717, 1.165) is 16.5 Å². The maximum atomic E-state index is 12.8. The summed E-state index contributed by atoms with van der Waals surface area (Å²) >= 11 is 0. The number of alkyl carbamates (subject to hydrolysis) is 1. The van der Waals surface area contributed by atoms with Gasteiger partial charge >= 0.3 is 12.1 Å². The largest absolute Gasteiger partial charge is 0.493 e. The quantitative estimate of drug-likeness (QED) is 0.253. The van der Waals surface area contributed by atoms with Crippen molar-refractivity contribution in [2.45, 2.75) is 25.8 Å². The molecule has 10 nitrogen and oxygen atoms in total. The van der Waals surface area contributed by atoms with Crippen molar-refractivity contribution in [3.05, 3.63) is 65.9 Å². The van der Waals surface area contributed by atoms with Crippen LogP contribution in [0.4, 0.5) is 4.79 Å². The van der Waals surface area contributed by atoms with Crippen molar-refractivity contribution in [1.29, 1.82) is 0 Å². The molecule has 0 aliphatic rings. The first kappa shape index (κ1) is 24.3. The number of aliphatic carboxylic acids is 1. The predicted molar refractivity (Wildman–Crippen MR) is 126 cm³/mol. The Kier molecular flexibility index (Phi) is 8.61. The van der Waals surface area contributed by atoms with Crippen molar-refractivity contribution in [3.8, 4) is 5.75 Å². The number of aromatic nitrogens is 1. The Hall–Kier alpha value is -4.34. The lowest BCUT2D eigenvalue weighted by Gasteiger charge is -2.16. The number of hydrogen-bond acceptors (Lipinski definition) is 6. The van der Waals surface area contributed by atoms with Gasteiger partial charge in [0.05, 0.1) is 25.8 Å². The van der Waals surface area contributed by atoms with Gasteiger partial charge in [-0.25, -0.2) is 10.2 Å². The summed E-state index contributed by atoms with van der Waals surface area (Å²) in [5.74, 6) is -0.900. The Labute approximate surface area is 195 Å². The average molecular weight is 466 g/mol. The third-order valence-corrected chi connectivity index (χ3v) is 4.84. The number of fused-ring (bicyclic) bond motifs is 1. The number of para-hydroxylation sites is 1. The molecule has 0 aliphatic heterocycles. The summed E-state index contributed by atoms with van der Waals surface area (Å²) < 4.78 is 10.3. The molecule has 1 heterocycles. The first-order valence-corrected chi connectivity index (χ1v) is 10.7. The molecule has 4 N–H and O–H groups in total. The lowest BCUT2D eigenvalue weighted by atomic mass is 10.0. The summed E-state index contributed by atoms with van der Waals surface area (Å²) in [5.41, 5.74) is 4.95. The Balaban J connectivity index is 1.62. The van der Waals surface area contributed by atoms with E-state index < -0.39 is 24.0 Å². The van der Waals surface area contributed by atoms with Gasteiger partial charge in [-0.2, -0.15) is 5.10 Å². The predicted octanol–water partition coefficient (Wildman–Crippen LogP) is 2.83. The molecular weight excluding hydrogens is 440 g/mol. The van der Waals surface area contributed by atoms with E-state index >= 15 is 0 Å². The van der Waals surface area contributed by atoms with Crippen molar-refractivity contribution in [2.75, 3.05) is 13.2 Å². The third-order valence-electron chi connectivity index (χ3n) is 4.84. The minimum absolute atomic E-state index is 0.0735. The first-order chi connectivity index (χ1) is 16.5. The van der Waals surface area contributed by atoms with Crippen molar-refractivity contribution in [3.63, 3.8) is 0 Å². The molecule has 34 heavy (non-hydrogen) atoms. The number of rotatable bonds is 11. The molecule has 10 heteroatoms. The van der Waals surface area contributed by atoms with Gasteiger partial charge in [0.2, 0.25) is 0 Å². The standard InChI is InChI=1S/C24H26N4O6/c1-2-33-24(32)27-21(13-17-15-25-20-6-4-3-5-19(17)20)23(31)28-26-14-16-7-9-18(10-8-16)34-12-11-22(29)30/h3-10,14-15,21,25H,2,11-13H2,1H3,(H,27,32)(H,28,31)(H,29,30)/b26-14-/t21-/m1/s1. The van der Waals surface area contributed by atoms with Crippen LogP contribution in [-0.2, 0) is 20.7 Å². The number of nitrogens with zero attached hydrogens (tertiary/aromatic N) is 1. The van der Waals surface area contributed by atoms with Crippen LogP contribution in [0.5, 0.6) is 5.75 Å². The van der Waals surface area contributed by atoms with Gasteiger partial charge in [0.25, 0.3) is 5.91 Å². The molecule has 1 aromatic heterocycles. The summed E-state index contributed by atoms with van der Waals surface area (Å²) in [7, 11) is 0. The zero-order valence-electron chi connectivity index (χ0n) is 18.6. The Morgan fingerprint density at radius 1 is 1.15 bits per heavy atom. The highest BCUT2D eigenvalue weighted by Gasteiger charge is 2.23. The van der Waals surface area contributed by atoms with Crippen LogP contribution in [0.1, 0.15) is 24.5 Å². The summed E-state index contributed by atoms with van der Waals surface area (Å²) in [6, 6.07) is 13.6. The average Bonchev–Trinajstić information content (AvgIpc) is 3.22. The van der Waals surface area contributed by atoms with Crippen LogP contribution in [0, 0.1) is 0 Å². The van der Waals surface area contributed by atoms with Crippen molar-refractivity contribution in [2.24, 2.45) is 5.10 Å². The second-order valence-corrected chi connectivity index (χ2v) is 7.28. The number of aromatic amines is 1. The Morgan fingerprint density at radius 2 is 1.91 bits per heavy atom. The van der Waals surface area contributed by atoms with Gasteiger partial charge in [-0.05, 0) is 48.4 Å². The second-order valence-electron chi connectivity index (χ2n) is 7.28. The molecule has 0 saturated carbocycles. The molecule has 2 aromatic carbocycles. The molecule has 2 amide bonds. The van der Waals surface area contributed by atoms with Crippen LogP contribution >= 0.6 is 0 Å².